The molecule has 3 aromatic rings. The summed E-state index contributed by atoms with van der Waals surface area (Å²) in [4.78, 5) is 8.46. The topological polar surface area (TPSA) is 76.4 Å². The highest BCUT2D eigenvalue weighted by atomic mass is 127. The summed E-state index contributed by atoms with van der Waals surface area (Å²) in [5.74, 6) is 3.28. The van der Waals surface area contributed by atoms with Gasteiger partial charge in [0.25, 0.3) is 0 Å². The molecular formula is C22H29IN6O. The van der Waals surface area contributed by atoms with Crippen molar-refractivity contribution in [1.82, 2.24) is 25.4 Å². The highest BCUT2D eigenvalue weighted by molar-refractivity contribution is 14.0. The minimum Gasteiger partial charge on any atom is -0.457 e. The zero-order chi connectivity index (χ0) is 20.8. The number of hydrogen-bond donors (Lipinski definition) is 2. The molecule has 0 unspecified atom stereocenters. The van der Waals surface area contributed by atoms with Gasteiger partial charge in [-0.3, -0.25) is 9.67 Å². The number of halogens is 1. The zero-order valence-corrected chi connectivity index (χ0v) is 20.4. The van der Waals surface area contributed by atoms with Gasteiger partial charge in [-0.05, 0) is 61.2 Å². The minimum absolute atomic E-state index is 0. The maximum atomic E-state index is 6.09. The highest BCUT2D eigenvalue weighted by Gasteiger charge is 2.06. The Morgan fingerprint density at radius 3 is 2.33 bits per heavy atom. The molecule has 0 saturated heterocycles. The van der Waals surface area contributed by atoms with Gasteiger partial charge in [-0.25, -0.2) is 4.98 Å². The van der Waals surface area contributed by atoms with E-state index < -0.39 is 0 Å². The molecule has 0 amide bonds. The van der Waals surface area contributed by atoms with Crippen molar-refractivity contribution in [3.05, 3.63) is 70.8 Å². The Hall–Kier alpha value is -2.62. The molecule has 2 N–H and O–H groups in total. The number of hydrogen-bond acceptors (Lipinski definition) is 4. The summed E-state index contributed by atoms with van der Waals surface area (Å²) in [5, 5.41) is 10.6. The summed E-state index contributed by atoms with van der Waals surface area (Å²) in [5.41, 5.74) is 4.62. The first-order chi connectivity index (χ1) is 13.9. The Morgan fingerprint density at radius 1 is 1.03 bits per heavy atom. The Morgan fingerprint density at radius 2 is 1.73 bits per heavy atom. The van der Waals surface area contributed by atoms with Gasteiger partial charge in [0.2, 0.25) is 0 Å². The molecule has 8 heteroatoms. The van der Waals surface area contributed by atoms with Crippen LogP contribution in [0.5, 0.6) is 11.5 Å². The van der Waals surface area contributed by atoms with Crippen LogP contribution in [0.4, 0.5) is 0 Å². The van der Waals surface area contributed by atoms with Crippen LogP contribution in [0.3, 0.4) is 0 Å². The van der Waals surface area contributed by atoms with E-state index in [9.17, 15) is 0 Å². The average molecular weight is 520 g/mol. The molecule has 0 spiro atoms. The lowest BCUT2D eigenvalue weighted by atomic mass is 10.1. The molecule has 30 heavy (non-hydrogen) atoms. The number of benzene rings is 2. The number of ether oxygens (including phenoxy) is 1. The number of rotatable bonds is 6. The fraction of sp³-hybridized carbons (Fsp3) is 0.318. The Labute approximate surface area is 195 Å². The van der Waals surface area contributed by atoms with Gasteiger partial charge >= 0.3 is 0 Å². The van der Waals surface area contributed by atoms with Gasteiger partial charge in [-0.1, -0.05) is 18.2 Å². The second-order valence-electron chi connectivity index (χ2n) is 7.10. The van der Waals surface area contributed by atoms with Gasteiger partial charge in [0.05, 0.1) is 6.54 Å². The number of guanidine groups is 1. The van der Waals surface area contributed by atoms with Gasteiger partial charge in [-0.2, -0.15) is 5.10 Å². The second-order valence-corrected chi connectivity index (χ2v) is 7.10. The number of nitrogens with zero attached hydrogens (tertiary/aromatic N) is 4. The molecule has 0 bridgehead atoms. The van der Waals surface area contributed by atoms with Crippen LogP contribution >= 0.6 is 24.0 Å². The lowest BCUT2D eigenvalue weighted by molar-refractivity contribution is 0.478. The summed E-state index contributed by atoms with van der Waals surface area (Å²) < 4.78 is 7.83. The number of aryl methyl sites for hydroxylation is 4. The first-order valence-electron chi connectivity index (χ1n) is 9.57. The van der Waals surface area contributed by atoms with Crippen molar-refractivity contribution in [3.8, 4) is 11.5 Å². The summed E-state index contributed by atoms with van der Waals surface area (Å²) in [6, 6.07) is 12.4. The smallest absolute Gasteiger partial charge is 0.191 e. The fourth-order valence-electron chi connectivity index (χ4n) is 3.10. The summed E-state index contributed by atoms with van der Waals surface area (Å²) in [7, 11) is 3.61. The molecule has 0 atom stereocenters. The Kier molecular flexibility index (Phi) is 8.64. The molecule has 3 rings (SSSR count). The number of aliphatic imine (C=N–C) groups is 1. The fourth-order valence-corrected chi connectivity index (χ4v) is 3.10. The first kappa shape index (κ1) is 23.7. The molecular weight excluding hydrogens is 491 g/mol. The van der Waals surface area contributed by atoms with Gasteiger partial charge in [0.15, 0.2) is 5.96 Å². The van der Waals surface area contributed by atoms with E-state index in [4.69, 9.17) is 4.74 Å². The maximum absolute atomic E-state index is 6.09. The summed E-state index contributed by atoms with van der Waals surface area (Å²) in [6.07, 6.45) is 1.54. The number of nitrogens with one attached hydrogen (secondary N) is 2. The van der Waals surface area contributed by atoms with E-state index >= 15 is 0 Å². The highest BCUT2D eigenvalue weighted by Crippen LogP contribution is 2.27. The van der Waals surface area contributed by atoms with E-state index in [1.807, 2.05) is 13.1 Å². The van der Waals surface area contributed by atoms with Crippen LogP contribution < -0.4 is 15.4 Å². The third-order valence-corrected chi connectivity index (χ3v) is 4.57. The van der Waals surface area contributed by atoms with Crippen LogP contribution in [-0.2, 0) is 20.1 Å². The zero-order valence-electron chi connectivity index (χ0n) is 18.1. The van der Waals surface area contributed by atoms with Crippen LogP contribution in [-0.4, -0.2) is 27.8 Å². The van der Waals surface area contributed by atoms with Gasteiger partial charge < -0.3 is 15.4 Å². The van der Waals surface area contributed by atoms with Crippen LogP contribution in [0.15, 0.2) is 47.7 Å². The van der Waals surface area contributed by atoms with Crippen molar-refractivity contribution in [2.75, 3.05) is 7.05 Å². The molecule has 0 fully saturated rings. The second kappa shape index (κ2) is 11.0. The summed E-state index contributed by atoms with van der Waals surface area (Å²) in [6.45, 7) is 7.42. The minimum atomic E-state index is 0. The van der Waals surface area contributed by atoms with E-state index in [2.05, 4.69) is 76.8 Å². The average Bonchev–Trinajstić information content (AvgIpc) is 3.08. The standard InChI is InChI=1S/C22H28N6O.HI/c1-15-8-16(2)10-19(9-15)29-20-7-6-18(11-17(20)3)12-24-22(23-4)25-13-21-26-14-27-28(21)5;/h6-11,14H,12-13H2,1-5H3,(H2,23,24,25);1H. The van der Waals surface area contributed by atoms with Crippen molar-refractivity contribution in [2.45, 2.75) is 33.9 Å². The molecule has 1 aromatic heterocycles. The molecule has 0 radical (unpaired) electrons. The molecule has 2 aromatic carbocycles. The third kappa shape index (κ3) is 6.45. The largest absolute Gasteiger partial charge is 0.457 e. The van der Waals surface area contributed by atoms with Crippen LogP contribution in [0, 0.1) is 20.8 Å². The molecule has 1 heterocycles. The summed E-state index contributed by atoms with van der Waals surface area (Å²) >= 11 is 0. The SMILES string of the molecule is CN=C(NCc1ccc(Oc2cc(C)cc(C)c2)c(C)c1)NCc1ncnn1C.I. The molecule has 0 aliphatic rings. The predicted octanol–water partition coefficient (Wildman–Crippen LogP) is 4.02. The van der Waals surface area contributed by atoms with Crippen LogP contribution in [0.2, 0.25) is 0 Å². The quantitative estimate of drug-likeness (QED) is 0.292. The van der Waals surface area contributed by atoms with E-state index in [1.54, 1.807) is 11.7 Å². The maximum Gasteiger partial charge on any atom is 0.191 e. The molecule has 0 saturated carbocycles. The molecule has 160 valence electrons. The van der Waals surface area contributed by atoms with Crippen molar-refractivity contribution in [1.29, 1.82) is 0 Å². The lowest BCUT2D eigenvalue weighted by Gasteiger charge is -2.14. The molecule has 7 nitrogen and oxygen atoms in total. The van der Waals surface area contributed by atoms with Gasteiger partial charge in [0, 0.05) is 20.6 Å². The molecule has 0 aliphatic heterocycles. The van der Waals surface area contributed by atoms with Crippen molar-refractivity contribution >= 4 is 29.9 Å². The Balaban J connectivity index is 0.00000320. The first-order valence-corrected chi connectivity index (χ1v) is 9.57. The Bertz CT molecular complexity index is 994. The lowest BCUT2D eigenvalue weighted by Crippen LogP contribution is -2.36. The van der Waals surface area contributed by atoms with E-state index in [1.165, 1.54) is 17.5 Å². The van der Waals surface area contributed by atoms with Crippen molar-refractivity contribution < 1.29 is 4.74 Å². The third-order valence-electron chi connectivity index (χ3n) is 4.57. The number of aromatic nitrogens is 3. The van der Waals surface area contributed by atoms with Crippen LogP contribution in [0.1, 0.15) is 28.1 Å². The normalized spacial score (nSPS) is 11.0. The van der Waals surface area contributed by atoms with Crippen molar-refractivity contribution in [2.24, 2.45) is 12.0 Å². The van der Waals surface area contributed by atoms with Crippen molar-refractivity contribution in [3.63, 3.8) is 0 Å². The van der Waals surface area contributed by atoms with E-state index in [0.717, 1.165) is 28.5 Å². The van der Waals surface area contributed by atoms with Crippen LogP contribution in [0.25, 0.3) is 0 Å². The van der Waals surface area contributed by atoms with E-state index in [-0.39, 0.29) is 24.0 Å². The van der Waals surface area contributed by atoms with Gasteiger partial charge in [-0.15, -0.1) is 24.0 Å². The predicted molar refractivity (Wildman–Crippen MR) is 131 cm³/mol. The monoisotopic (exact) mass is 520 g/mol. The van der Waals surface area contributed by atoms with Gasteiger partial charge in [0.1, 0.15) is 23.7 Å². The molecule has 0 aliphatic carbocycles. The van der Waals surface area contributed by atoms with E-state index in [0.29, 0.717) is 19.0 Å².